The summed E-state index contributed by atoms with van der Waals surface area (Å²) in [5, 5.41) is 13.5. The predicted octanol–water partition coefficient (Wildman–Crippen LogP) is 0.543. The first-order chi connectivity index (χ1) is 13.0. The second-order valence-corrected chi connectivity index (χ2v) is 9.26. The maximum atomic E-state index is 12.8. The van der Waals surface area contributed by atoms with Crippen LogP contribution >= 0.6 is 34.8 Å². The van der Waals surface area contributed by atoms with Crippen molar-refractivity contribution in [2.24, 2.45) is 5.92 Å². The lowest BCUT2D eigenvalue weighted by Gasteiger charge is -2.35. The number of rotatable bonds is 8. The first kappa shape index (κ1) is 25.2. The molecule has 28 heavy (non-hydrogen) atoms. The topological polar surface area (TPSA) is 117 Å². The van der Waals surface area contributed by atoms with Gasteiger partial charge in [0.2, 0.25) is 9.70 Å². The fourth-order valence-corrected chi connectivity index (χ4v) is 2.62. The van der Waals surface area contributed by atoms with E-state index in [1.807, 2.05) is 0 Å². The van der Waals surface area contributed by atoms with Crippen LogP contribution < -0.4 is 10.7 Å². The fourth-order valence-electron chi connectivity index (χ4n) is 2.46. The van der Waals surface area contributed by atoms with Crippen LogP contribution in [0.3, 0.4) is 0 Å². The predicted molar refractivity (Wildman–Crippen MR) is 104 cm³/mol. The quantitative estimate of drug-likeness (QED) is 0.356. The number of hydrogen-bond acceptors (Lipinski definition) is 7. The van der Waals surface area contributed by atoms with Gasteiger partial charge in [0, 0.05) is 13.7 Å². The maximum absolute atomic E-state index is 12.8. The molecule has 3 atom stereocenters. The smallest absolute Gasteiger partial charge is 0.325 e. The molecule has 12 heteroatoms. The highest BCUT2D eigenvalue weighted by molar-refractivity contribution is 6.67. The van der Waals surface area contributed by atoms with Gasteiger partial charge in [0.05, 0.1) is 6.61 Å². The summed E-state index contributed by atoms with van der Waals surface area (Å²) in [4.78, 5) is 37.0. The summed E-state index contributed by atoms with van der Waals surface area (Å²) in [7, 11) is 1.38. The number of halogens is 3. The van der Waals surface area contributed by atoms with Gasteiger partial charge >= 0.3 is 5.97 Å². The normalized spacial score (nSPS) is 19.9. The maximum Gasteiger partial charge on any atom is 0.325 e. The van der Waals surface area contributed by atoms with Gasteiger partial charge in [0.15, 0.2) is 0 Å². The molecule has 1 fully saturated rings. The van der Waals surface area contributed by atoms with Crippen molar-refractivity contribution in [1.29, 1.82) is 0 Å². The van der Waals surface area contributed by atoms with Crippen LogP contribution in [0, 0.1) is 5.92 Å². The van der Waals surface area contributed by atoms with Crippen LogP contribution in [0.15, 0.2) is 0 Å². The molecule has 0 spiro atoms. The van der Waals surface area contributed by atoms with Crippen molar-refractivity contribution < 1.29 is 29.0 Å². The SMILES string of the molecule is COCC(NC(=O)[C@@H](O)C(C)C)C(=O)N1CCC[C@@H](C(=O)OCC(Cl)(Cl)Cl)N1. The Labute approximate surface area is 178 Å². The number of nitrogens with one attached hydrogen (secondary N) is 2. The molecule has 3 N–H and O–H groups in total. The molecule has 1 aliphatic heterocycles. The van der Waals surface area contributed by atoms with Gasteiger partial charge in [-0.25, -0.2) is 5.43 Å². The van der Waals surface area contributed by atoms with E-state index in [4.69, 9.17) is 44.3 Å². The summed E-state index contributed by atoms with van der Waals surface area (Å²) in [5.74, 6) is -2.17. The fraction of sp³-hybridized carbons (Fsp3) is 0.812. The second kappa shape index (κ2) is 11.4. The second-order valence-electron chi connectivity index (χ2n) is 6.74. The van der Waals surface area contributed by atoms with Crippen molar-refractivity contribution in [2.45, 2.75) is 48.7 Å². The highest BCUT2D eigenvalue weighted by Gasteiger charge is 2.35. The molecule has 0 saturated carbocycles. The van der Waals surface area contributed by atoms with Crippen molar-refractivity contribution in [3.05, 3.63) is 0 Å². The summed E-state index contributed by atoms with van der Waals surface area (Å²) in [6.45, 7) is 3.15. The van der Waals surface area contributed by atoms with E-state index < -0.39 is 46.4 Å². The Kier molecular flexibility index (Phi) is 10.2. The molecule has 1 unspecified atom stereocenters. The standard InChI is InChI=1S/C16H26Cl3N3O6/c1-9(2)12(23)13(24)20-11(7-27-3)14(25)22-6-4-5-10(21-22)15(26)28-8-16(17,18)19/h9-12,21,23H,4-8H2,1-3H3,(H,20,24)/t10-,11?,12-/m0/s1. The third-order valence-electron chi connectivity index (χ3n) is 3.96. The number of ether oxygens (including phenoxy) is 2. The Morgan fingerprint density at radius 3 is 2.50 bits per heavy atom. The Hall–Kier alpha value is -0.840. The lowest BCUT2D eigenvalue weighted by atomic mass is 10.1. The van der Waals surface area contributed by atoms with Gasteiger partial charge in [0.1, 0.15) is 24.8 Å². The number of esters is 1. The van der Waals surface area contributed by atoms with Gasteiger partial charge < -0.3 is 19.9 Å². The highest BCUT2D eigenvalue weighted by Crippen LogP contribution is 2.26. The molecule has 0 aromatic rings. The Bertz CT molecular complexity index is 558. The zero-order valence-electron chi connectivity index (χ0n) is 15.9. The van der Waals surface area contributed by atoms with Crippen LogP contribution in [0.25, 0.3) is 0 Å². The summed E-state index contributed by atoms with van der Waals surface area (Å²) in [5.41, 5.74) is 2.76. The third-order valence-corrected chi connectivity index (χ3v) is 4.29. The van der Waals surface area contributed by atoms with Crippen LogP contribution in [0.5, 0.6) is 0 Å². The van der Waals surface area contributed by atoms with Gasteiger partial charge in [0.25, 0.3) is 5.91 Å². The molecular weight excluding hydrogens is 437 g/mol. The van der Waals surface area contributed by atoms with E-state index in [1.165, 1.54) is 12.1 Å². The van der Waals surface area contributed by atoms with E-state index in [-0.39, 0.29) is 12.5 Å². The molecule has 0 aliphatic carbocycles. The largest absolute Gasteiger partial charge is 0.460 e. The number of nitrogens with zero attached hydrogens (tertiary/aromatic N) is 1. The van der Waals surface area contributed by atoms with Crippen LogP contribution in [0.2, 0.25) is 0 Å². The molecule has 2 amide bonds. The Morgan fingerprint density at radius 2 is 1.96 bits per heavy atom. The van der Waals surface area contributed by atoms with Gasteiger partial charge in [-0.15, -0.1) is 0 Å². The molecular formula is C16H26Cl3N3O6. The number of aliphatic hydroxyl groups is 1. The number of hydrogen-bond donors (Lipinski definition) is 3. The zero-order chi connectivity index (χ0) is 21.5. The number of amides is 2. The molecule has 1 aliphatic rings. The van der Waals surface area contributed by atoms with E-state index in [9.17, 15) is 19.5 Å². The first-order valence-electron chi connectivity index (χ1n) is 8.74. The first-order valence-corrected chi connectivity index (χ1v) is 9.88. The molecule has 0 bridgehead atoms. The van der Waals surface area contributed by atoms with E-state index in [0.717, 1.165) is 0 Å². The minimum Gasteiger partial charge on any atom is -0.460 e. The summed E-state index contributed by atoms with van der Waals surface area (Å²) < 4.78 is 8.21. The van der Waals surface area contributed by atoms with Crippen molar-refractivity contribution >= 4 is 52.6 Å². The van der Waals surface area contributed by atoms with Crippen molar-refractivity contribution in [1.82, 2.24) is 15.8 Å². The molecule has 1 saturated heterocycles. The van der Waals surface area contributed by atoms with Crippen molar-refractivity contribution in [3.63, 3.8) is 0 Å². The van der Waals surface area contributed by atoms with Gasteiger partial charge in [-0.1, -0.05) is 48.7 Å². The summed E-state index contributed by atoms with van der Waals surface area (Å²) in [6, 6.07) is -1.83. The number of methoxy groups -OCH3 is 1. The monoisotopic (exact) mass is 461 g/mol. The van der Waals surface area contributed by atoms with Crippen LogP contribution in [0.1, 0.15) is 26.7 Å². The van der Waals surface area contributed by atoms with Crippen LogP contribution in [-0.2, 0) is 23.9 Å². The molecule has 1 heterocycles. The molecule has 1 rings (SSSR count). The number of aliphatic hydroxyl groups excluding tert-OH is 1. The highest BCUT2D eigenvalue weighted by atomic mass is 35.6. The molecule has 0 radical (unpaired) electrons. The lowest BCUT2D eigenvalue weighted by molar-refractivity contribution is -0.153. The van der Waals surface area contributed by atoms with Crippen molar-refractivity contribution in [3.8, 4) is 0 Å². The number of hydrazine groups is 1. The van der Waals surface area contributed by atoms with Crippen molar-refractivity contribution in [2.75, 3.05) is 26.9 Å². The molecule has 0 aromatic heterocycles. The Balaban J connectivity index is 2.72. The molecule has 0 aromatic carbocycles. The van der Waals surface area contributed by atoms with E-state index in [0.29, 0.717) is 19.4 Å². The Morgan fingerprint density at radius 1 is 1.32 bits per heavy atom. The van der Waals surface area contributed by atoms with E-state index in [2.05, 4.69) is 10.7 Å². The minimum atomic E-state index is -1.73. The van der Waals surface area contributed by atoms with Gasteiger partial charge in [-0.3, -0.25) is 19.4 Å². The number of carbonyl (C=O) groups excluding carboxylic acids is 3. The zero-order valence-corrected chi connectivity index (χ0v) is 18.2. The molecule has 162 valence electrons. The summed E-state index contributed by atoms with van der Waals surface area (Å²) in [6.07, 6.45) is -0.309. The van der Waals surface area contributed by atoms with Crippen LogP contribution in [0.4, 0.5) is 0 Å². The lowest BCUT2D eigenvalue weighted by Crippen LogP contribution is -2.61. The van der Waals surface area contributed by atoms with E-state index in [1.54, 1.807) is 13.8 Å². The number of carbonyl (C=O) groups is 3. The van der Waals surface area contributed by atoms with Gasteiger partial charge in [-0.2, -0.15) is 0 Å². The molecule has 9 nitrogen and oxygen atoms in total. The van der Waals surface area contributed by atoms with Crippen LogP contribution in [-0.4, -0.2) is 76.7 Å². The average molecular weight is 463 g/mol. The average Bonchev–Trinajstić information content (AvgIpc) is 2.63. The van der Waals surface area contributed by atoms with Gasteiger partial charge in [-0.05, 0) is 18.8 Å². The minimum absolute atomic E-state index is 0.101. The van der Waals surface area contributed by atoms with E-state index >= 15 is 0 Å². The summed E-state index contributed by atoms with van der Waals surface area (Å²) >= 11 is 16.7. The third kappa shape index (κ3) is 8.26. The number of alkyl halides is 3.